The van der Waals surface area contributed by atoms with Gasteiger partial charge in [-0.2, -0.15) is 4.98 Å². The molecule has 6 heteroatoms. The second kappa shape index (κ2) is 9.74. The normalized spacial score (nSPS) is 17.4. The predicted octanol–water partition coefficient (Wildman–Crippen LogP) is 3.34. The number of rotatable bonds is 7. The number of anilines is 2. The van der Waals surface area contributed by atoms with Gasteiger partial charge >= 0.3 is 0 Å². The monoisotopic (exact) mass is 394 g/mol. The lowest BCUT2D eigenvalue weighted by Crippen LogP contribution is -2.31. The molecule has 0 bridgehead atoms. The first kappa shape index (κ1) is 19.7. The molecular formula is C23H30N4O2. The maximum Gasteiger partial charge on any atom is 0.225 e. The summed E-state index contributed by atoms with van der Waals surface area (Å²) >= 11 is 0. The minimum Gasteiger partial charge on any atom is -0.478 e. The summed E-state index contributed by atoms with van der Waals surface area (Å²) in [6.45, 7) is 6.26. The molecule has 1 N–H and O–H groups in total. The topological polar surface area (TPSA) is 57.7 Å². The Morgan fingerprint density at radius 3 is 2.76 bits per heavy atom. The van der Waals surface area contributed by atoms with Crippen LogP contribution in [0.1, 0.15) is 31.2 Å². The Balaban J connectivity index is 1.16. The van der Waals surface area contributed by atoms with Crippen molar-refractivity contribution in [3.05, 3.63) is 48.0 Å². The van der Waals surface area contributed by atoms with E-state index in [9.17, 15) is 4.79 Å². The molecule has 2 aliphatic rings. The first-order valence-electron chi connectivity index (χ1n) is 10.7. The molecule has 3 heterocycles. The minimum absolute atomic E-state index is 0.0328. The highest BCUT2D eigenvalue weighted by molar-refractivity contribution is 5.92. The predicted molar refractivity (Wildman–Crippen MR) is 116 cm³/mol. The molecule has 0 radical (unpaired) electrons. The largest absolute Gasteiger partial charge is 0.478 e. The van der Waals surface area contributed by atoms with Crippen molar-refractivity contribution in [1.29, 1.82) is 0 Å². The maximum absolute atomic E-state index is 11.5. The van der Waals surface area contributed by atoms with Gasteiger partial charge in [0, 0.05) is 37.8 Å². The molecule has 2 aromatic rings. The summed E-state index contributed by atoms with van der Waals surface area (Å²) < 4.78 is 5.81. The number of carbonyl (C=O) groups excluding carboxylic acids is 1. The van der Waals surface area contributed by atoms with Gasteiger partial charge in [-0.25, -0.2) is 0 Å². The van der Waals surface area contributed by atoms with Gasteiger partial charge in [0.15, 0.2) is 0 Å². The van der Waals surface area contributed by atoms with Crippen LogP contribution in [-0.4, -0.2) is 55.1 Å². The lowest BCUT2D eigenvalue weighted by atomic mass is 10.1. The zero-order valence-corrected chi connectivity index (χ0v) is 17.0. The number of hydrogen-bond donors (Lipinski definition) is 1. The molecule has 2 aliphatic heterocycles. The number of aromatic nitrogens is 1. The van der Waals surface area contributed by atoms with Crippen molar-refractivity contribution >= 4 is 17.4 Å². The molecule has 1 amide bonds. The SMILES string of the molecule is O=C1CCc2ccc(OCCCCN3CCCN(c4ccccc4)CC3)nc2N1. The lowest BCUT2D eigenvalue weighted by Gasteiger charge is -2.23. The summed E-state index contributed by atoms with van der Waals surface area (Å²) in [4.78, 5) is 21.0. The number of hydrogen-bond acceptors (Lipinski definition) is 5. The van der Waals surface area contributed by atoms with Gasteiger partial charge in [-0.15, -0.1) is 0 Å². The van der Waals surface area contributed by atoms with Crippen LogP contribution in [0.5, 0.6) is 5.88 Å². The number of nitrogens with one attached hydrogen (secondary N) is 1. The average Bonchev–Trinajstić information content (AvgIpc) is 2.99. The number of pyridine rings is 1. The maximum atomic E-state index is 11.5. The number of para-hydroxylation sites is 1. The van der Waals surface area contributed by atoms with E-state index >= 15 is 0 Å². The minimum atomic E-state index is 0.0328. The fourth-order valence-corrected chi connectivity index (χ4v) is 4.01. The van der Waals surface area contributed by atoms with Crippen LogP contribution >= 0.6 is 0 Å². The Bertz CT molecular complexity index is 812. The number of carbonyl (C=O) groups is 1. The standard InChI is InChI=1S/C23H30N4O2/c28-21-11-9-19-10-12-22(25-23(19)24-21)29-18-5-4-13-26-14-6-15-27(17-16-26)20-7-2-1-3-8-20/h1-3,7-8,10,12H,4-6,9,11,13-18H2,(H,24,25,28). The Labute approximate surface area is 172 Å². The molecule has 1 aromatic heterocycles. The van der Waals surface area contributed by atoms with E-state index in [0.29, 0.717) is 24.7 Å². The van der Waals surface area contributed by atoms with Gasteiger partial charge in [-0.05, 0) is 62.5 Å². The average molecular weight is 395 g/mol. The second-order valence-electron chi connectivity index (χ2n) is 7.78. The molecule has 29 heavy (non-hydrogen) atoms. The van der Waals surface area contributed by atoms with E-state index < -0.39 is 0 Å². The Morgan fingerprint density at radius 1 is 0.966 bits per heavy atom. The molecule has 0 spiro atoms. The van der Waals surface area contributed by atoms with Crippen LogP contribution in [0.4, 0.5) is 11.5 Å². The highest BCUT2D eigenvalue weighted by Crippen LogP contribution is 2.23. The summed E-state index contributed by atoms with van der Waals surface area (Å²) in [7, 11) is 0. The van der Waals surface area contributed by atoms with E-state index in [1.165, 1.54) is 12.1 Å². The fourth-order valence-electron chi connectivity index (χ4n) is 4.01. The van der Waals surface area contributed by atoms with Crippen LogP contribution in [0.25, 0.3) is 0 Å². The number of unbranched alkanes of at least 4 members (excludes halogenated alkanes) is 1. The van der Waals surface area contributed by atoms with Crippen molar-refractivity contribution in [3.8, 4) is 5.88 Å². The van der Waals surface area contributed by atoms with Gasteiger partial charge in [-0.3, -0.25) is 4.79 Å². The molecule has 154 valence electrons. The zero-order chi connectivity index (χ0) is 19.9. The molecule has 1 aromatic carbocycles. The number of fused-ring (bicyclic) bond motifs is 1. The van der Waals surface area contributed by atoms with E-state index in [4.69, 9.17) is 4.74 Å². The third-order valence-corrected chi connectivity index (χ3v) is 5.66. The first-order chi connectivity index (χ1) is 14.3. The number of nitrogens with zero attached hydrogens (tertiary/aromatic N) is 3. The molecule has 0 atom stereocenters. The van der Waals surface area contributed by atoms with Gasteiger partial charge in [-0.1, -0.05) is 18.2 Å². The van der Waals surface area contributed by atoms with Crippen LogP contribution in [-0.2, 0) is 11.2 Å². The Hall–Kier alpha value is -2.60. The van der Waals surface area contributed by atoms with Crippen LogP contribution < -0.4 is 15.0 Å². The molecule has 1 saturated heterocycles. The van der Waals surface area contributed by atoms with E-state index in [-0.39, 0.29) is 5.91 Å². The van der Waals surface area contributed by atoms with Crippen LogP contribution in [0, 0.1) is 0 Å². The second-order valence-corrected chi connectivity index (χ2v) is 7.78. The summed E-state index contributed by atoms with van der Waals surface area (Å²) in [6, 6.07) is 14.6. The van der Waals surface area contributed by atoms with E-state index in [1.54, 1.807) is 0 Å². The first-order valence-corrected chi connectivity index (χ1v) is 10.7. The lowest BCUT2D eigenvalue weighted by molar-refractivity contribution is -0.116. The van der Waals surface area contributed by atoms with Crippen molar-refractivity contribution < 1.29 is 9.53 Å². The highest BCUT2D eigenvalue weighted by Gasteiger charge is 2.17. The molecule has 6 nitrogen and oxygen atoms in total. The van der Waals surface area contributed by atoms with Crippen molar-refractivity contribution in [2.24, 2.45) is 0 Å². The molecule has 0 unspecified atom stereocenters. The third-order valence-electron chi connectivity index (χ3n) is 5.66. The third kappa shape index (κ3) is 5.48. The van der Waals surface area contributed by atoms with Gasteiger partial charge in [0.2, 0.25) is 11.8 Å². The summed E-state index contributed by atoms with van der Waals surface area (Å²) in [6.07, 6.45) is 4.62. The van der Waals surface area contributed by atoms with Gasteiger partial charge in [0.05, 0.1) is 6.61 Å². The fraction of sp³-hybridized carbons (Fsp3) is 0.478. The molecule has 4 rings (SSSR count). The number of ether oxygens (including phenoxy) is 1. The van der Waals surface area contributed by atoms with Crippen LogP contribution in [0.2, 0.25) is 0 Å². The summed E-state index contributed by atoms with van der Waals surface area (Å²) in [5.74, 6) is 1.29. The van der Waals surface area contributed by atoms with E-state index in [1.807, 2.05) is 12.1 Å². The van der Waals surface area contributed by atoms with Gasteiger partial charge in [0.25, 0.3) is 0 Å². The van der Waals surface area contributed by atoms with Crippen LogP contribution in [0.3, 0.4) is 0 Å². The molecule has 1 fully saturated rings. The van der Waals surface area contributed by atoms with Gasteiger partial charge in [0.1, 0.15) is 5.82 Å². The summed E-state index contributed by atoms with van der Waals surface area (Å²) in [5.41, 5.74) is 2.42. The van der Waals surface area contributed by atoms with E-state index in [2.05, 4.69) is 50.4 Å². The van der Waals surface area contributed by atoms with Crippen molar-refractivity contribution in [2.75, 3.05) is 49.5 Å². The van der Waals surface area contributed by atoms with Crippen molar-refractivity contribution in [1.82, 2.24) is 9.88 Å². The molecular weight excluding hydrogens is 364 g/mol. The quantitative estimate of drug-likeness (QED) is 0.730. The molecule has 0 aliphatic carbocycles. The van der Waals surface area contributed by atoms with E-state index in [0.717, 1.165) is 57.5 Å². The Morgan fingerprint density at radius 2 is 1.86 bits per heavy atom. The Kier molecular flexibility index (Phi) is 6.62. The zero-order valence-electron chi connectivity index (χ0n) is 17.0. The number of benzene rings is 1. The smallest absolute Gasteiger partial charge is 0.225 e. The van der Waals surface area contributed by atoms with Crippen molar-refractivity contribution in [2.45, 2.75) is 32.1 Å². The van der Waals surface area contributed by atoms with Crippen molar-refractivity contribution in [3.63, 3.8) is 0 Å². The highest BCUT2D eigenvalue weighted by atomic mass is 16.5. The molecule has 0 saturated carbocycles. The summed E-state index contributed by atoms with van der Waals surface area (Å²) in [5, 5.41) is 2.83. The van der Waals surface area contributed by atoms with Crippen LogP contribution in [0.15, 0.2) is 42.5 Å². The van der Waals surface area contributed by atoms with Gasteiger partial charge < -0.3 is 19.9 Å². The number of aryl methyl sites for hydroxylation is 1. The number of amides is 1.